The third kappa shape index (κ3) is 3.09. The molecule has 1 aromatic carbocycles. The molecule has 2 atom stereocenters. The van der Waals surface area contributed by atoms with E-state index < -0.39 is 12.0 Å². The highest BCUT2D eigenvalue weighted by Crippen LogP contribution is 2.30. The first-order valence-corrected chi connectivity index (χ1v) is 7.19. The van der Waals surface area contributed by atoms with Crippen LogP contribution in [-0.2, 0) is 9.59 Å². The molecular weight excluding hydrogens is 334 g/mol. The van der Waals surface area contributed by atoms with Crippen molar-refractivity contribution in [2.24, 2.45) is 5.92 Å². The molecule has 2 unspecified atom stereocenters. The van der Waals surface area contributed by atoms with Gasteiger partial charge >= 0.3 is 5.97 Å². The molecule has 0 saturated carbocycles. The number of likely N-dealkylation sites (tertiary alicyclic amines) is 1. The topological polar surface area (TPSA) is 57.6 Å². The van der Waals surface area contributed by atoms with Crippen LogP contribution in [0.25, 0.3) is 0 Å². The SMILES string of the molecule is O=C(O)C(c1cccc(Br)c1)N1CC(CCl)CC1=O. The number of carboxylic acids is 1. The molecule has 1 heterocycles. The van der Waals surface area contributed by atoms with Crippen LogP contribution in [0.4, 0.5) is 0 Å². The number of benzene rings is 1. The minimum atomic E-state index is -1.03. The van der Waals surface area contributed by atoms with Crippen LogP contribution in [0, 0.1) is 5.92 Å². The second-order valence-corrected chi connectivity index (χ2v) is 5.79. The van der Waals surface area contributed by atoms with Crippen LogP contribution in [0.3, 0.4) is 0 Å². The Balaban J connectivity index is 2.31. The fraction of sp³-hybridized carbons (Fsp3) is 0.385. The van der Waals surface area contributed by atoms with Gasteiger partial charge in [0.05, 0.1) is 0 Å². The molecule has 6 heteroatoms. The van der Waals surface area contributed by atoms with Gasteiger partial charge in [0.2, 0.25) is 5.91 Å². The van der Waals surface area contributed by atoms with Crippen LogP contribution in [0.15, 0.2) is 28.7 Å². The van der Waals surface area contributed by atoms with Crippen molar-refractivity contribution in [3.63, 3.8) is 0 Å². The van der Waals surface area contributed by atoms with Crippen molar-refractivity contribution in [2.75, 3.05) is 12.4 Å². The molecule has 0 aromatic heterocycles. The molecule has 102 valence electrons. The smallest absolute Gasteiger partial charge is 0.331 e. The number of carbonyl (C=O) groups excluding carboxylic acids is 1. The minimum absolute atomic E-state index is 0.0307. The third-order valence-electron chi connectivity index (χ3n) is 3.17. The van der Waals surface area contributed by atoms with E-state index in [-0.39, 0.29) is 11.8 Å². The zero-order chi connectivity index (χ0) is 14.0. The highest BCUT2D eigenvalue weighted by atomic mass is 79.9. The standard InChI is InChI=1S/C13H13BrClNO3/c14-10-3-1-2-9(5-10)12(13(18)19)16-7-8(6-15)4-11(16)17/h1-3,5,8,12H,4,6-7H2,(H,18,19). The van der Waals surface area contributed by atoms with Crippen molar-refractivity contribution in [3.8, 4) is 0 Å². The van der Waals surface area contributed by atoms with Crippen LogP contribution >= 0.6 is 27.5 Å². The number of rotatable bonds is 4. The number of carboxylic acid groups (broad SMARTS) is 1. The Morgan fingerprint density at radius 2 is 2.32 bits per heavy atom. The zero-order valence-electron chi connectivity index (χ0n) is 10.1. The van der Waals surface area contributed by atoms with Crippen molar-refractivity contribution in [2.45, 2.75) is 12.5 Å². The Morgan fingerprint density at radius 1 is 1.58 bits per heavy atom. The Kier molecular flexibility index (Phi) is 4.47. The maximum absolute atomic E-state index is 11.9. The van der Waals surface area contributed by atoms with E-state index in [1.54, 1.807) is 18.2 Å². The van der Waals surface area contributed by atoms with Gasteiger partial charge in [-0.2, -0.15) is 0 Å². The number of halogens is 2. The lowest BCUT2D eigenvalue weighted by Crippen LogP contribution is -2.35. The van der Waals surface area contributed by atoms with Crippen LogP contribution < -0.4 is 0 Å². The number of aliphatic carboxylic acids is 1. The highest BCUT2D eigenvalue weighted by Gasteiger charge is 2.38. The van der Waals surface area contributed by atoms with Gasteiger partial charge in [0.25, 0.3) is 0 Å². The molecule has 19 heavy (non-hydrogen) atoms. The Labute approximate surface area is 124 Å². The van der Waals surface area contributed by atoms with E-state index in [4.69, 9.17) is 11.6 Å². The summed E-state index contributed by atoms with van der Waals surface area (Å²) in [6.45, 7) is 0.395. The van der Waals surface area contributed by atoms with Gasteiger partial charge in [-0.05, 0) is 23.6 Å². The van der Waals surface area contributed by atoms with Gasteiger partial charge < -0.3 is 10.0 Å². The van der Waals surface area contributed by atoms with Crippen molar-refractivity contribution in [1.82, 2.24) is 4.90 Å². The quantitative estimate of drug-likeness (QED) is 0.853. The largest absolute Gasteiger partial charge is 0.479 e. The monoisotopic (exact) mass is 345 g/mol. The van der Waals surface area contributed by atoms with Crippen LogP contribution in [0.1, 0.15) is 18.0 Å². The second kappa shape index (κ2) is 5.92. The summed E-state index contributed by atoms with van der Waals surface area (Å²) in [5.41, 5.74) is 0.588. The molecule has 0 radical (unpaired) electrons. The van der Waals surface area contributed by atoms with Crippen LogP contribution in [0.2, 0.25) is 0 Å². The number of hydrogen-bond acceptors (Lipinski definition) is 2. The van der Waals surface area contributed by atoms with E-state index >= 15 is 0 Å². The summed E-state index contributed by atoms with van der Waals surface area (Å²) in [6.07, 6.45) is 0.321. The third-order valence-corrected chi connectivity index (χ3v) is 4.10. The van der Waals surface area contributed by atoms with Gasteiger partial charge in [0.15, 0.2) is 6.04 Å². The first kappa shape index (κ1) is 14.3. The van der Waals surface area contributed by atoms with E-state index in [9.17, 15) is 14.7 Å². The molecule has 0 aliphatic carbocycles. The number of amides is 1. The Morgan fingerprint density at radius 3 is 2.84 bits per heavy atom. The molecule has 1 amide bonds. The minimum Gasteiger partial charge on any atom is -0.479 e. The molecule has 0 bridgehead atoms. The molecule has 1 aliphatic heterocycles. The summed E-state index contributed by atoms with van der Waals surface area (Å²) in [5.74, 6) is -0.782. The van der Waals surface area contributed by atoms with Crippen LogP contribution in [0.5, 0.6) is 0 Å². The van der Waals surface area contributed by atoms with Crippen molar-refractivity contribution in [1.29, 1.82) is 0 Å². The van der Waals surface area contributed by atoms with E-state index in [1.165, 1.54) is 4.90 Å². The van der Waals surface area contributed by atoms with Gasteiger partial charge in [-0.15, -0.1) is 11.6 Å². The molecule has 0 spiro atoms. The van der Waals surface area contributed by atoms with Crippen molar-refractivity contribution in [3.05, 3.63) is 34.3 Å². The molecule has 1 N–H and O–H groups in total. The number of alkyl halides is 1. The molecule has 1 aliphatic rings. The average molecular weight is 347 g/mol. The summed E-state index contributed by atoms with van der Waals surface area (Å²) in [5, 5.41) is 9.41. The summed E-state index contributed by atoms with van der Waals surface area (Å²) in [6, 6.07) is 6.06. The first-order chi connectivity index (χ1) is 9.02. The predicted octanol–water partition coefficient (Wildman–Crippen LogP) is 2.66. The lowest BCUT2D eigenvalue weighted by Gasteiger charge is -2.25. The lowest BCUT2D eigenvalue weighted by molar-refractivity contribution is -0.148. The molecule has 1 saturated heterocycles. The van der Waals surface area contributed by atoms with Gasteiger partial charge in [0.1, 0.15) is 0 Å². The fourth-order valence-electron chi connectivity index (χ4n) is 2.29. The molecule has 4 nitrogen and oxygen atoms in total. The van der Waals surface area contributed by atoms with Gasteiger partial charge in [-0.25, -0.2) is 4.79 Å². The van der Waals surface area contributed by atoms with Crippen molar-refractivity contribution >= 4 is 39.4 Å². The number of nitrogens with zero attached hydrogens (tertiary/aromatic N) is 1. The molecule has 1 fully saturated rings. The number of carbonyl (C=O) groups is 2. The average Bonchev–Trinajstić information content (AvgIpc) is 2.71. The maximum atomic E-state index is 11.9. The predicted molar refractivity (Wildman–Crippen MR) is 75.1 cm³/mol. The molecular formula is C13H13BrClNO3. The normalized spacial score (nSPS) is 20.6. The first-order valence-electron chi connectivity index (χ1n) is 5.86. The van der Waals surface area contributed by atoms with E-state index in [0.717, 1.165) is 4.47 Å². The van der Waals surface area contributed by atoms with E-state index in [2.05, 4.69) is 15.9 Å². The fourth-order valence-corrected chi connectivity index (χ4v) is 2.92. The van der Waals surface area contributed by atoms with Gasteiger partial charge in [0, 0.05) is 23.3 Å². The summed E-state index contributed by atoms with van der Waals surface area (Å²) in [7, 11) is 0. The summed E-state index contributed by atoms with van der Waals surface area (Å²) in [4.78, 5) is 24.8. The van der Waals surface area contributed by atoms with E-state index in [0.29, 0.717) is 24.4 Å². The Hall–Kier alpha value is -1.07. The highest BCUT2D eigenvalue weighted by molar-refractivity contribution is 9.10. The van der Waals surface area contributed by atoms with Crippen molar-refractivity contribution < 1.29 is 14.7 Å². The number of hydrogen-bond donors (Lipinski definition) is 1. The molecule has 1 aromatic rings. The zero-order valence-corrected chi connectivity index (χ0v) is 12.4. The maximum Gasteiger partial charge on any atom is 0.331 e. The van der Waals surface area contributed by atoms with E-state index in [1.807, 2.05) is 6.07 Å². The van der Waals surface area contributed by atoms with Gasteiger partial charge in [-0.3, -0.25) is 4.79 Å². The van der Waals surface area contributed by atoms with Crippen LogP contribution in [-0.4, -0.2) is 34.3 Å². The summed E-state index contributed by atoms with van der Waals surface area (Å²) < 4.78 is 0.789. The molecule has 2 rings (SSSR count). The second-order valence-electron chi connectivity index (χ2n) is 4.57. The lowest BCUT2D eigenvalue weighted by atomic mass is 10.1. The summed E-state index contributed by atoms with van der Waals surface area (Å²) >= 11 is 9.07. The van der Waals surface area contributed by atoms with Gasteiger partial charge in [-0.1, -0.05) is 28.1 Å². The Bertz CT molecular complexity index is 508.